The number of hydrogen-bond acceptors (Lipinski definition) is 2. The number of carbonyl (C=O) groups is 2. The van der Waals surface area contributed by atoms with Crippen molar-refractivity contribution in [2.24, 2.45) is 5.92 Å². The standard InChI is InChI=1S/C21H40N2O2/c1-18(2)16-17-22-20(24)14-15-21(25)23-19-12-10-8-6-4-3-5-7-9-11-13-19/h18-19H,3-17H2,1-2H3,(H,22,24)(H,23,25). The van der Waals surface area contributed by atoms with Crippen molar-refractivity contribution in [1.29, 1.82) is 0 Å². The molecule has 1 rings (SSSR count). The molecule has 0 aromatic carbocycles. The van der Waals surface area contributed by atoms with Gasteiger partial charge in [-0.05, 0) is 25.2 Å². The lowest BCUT2D eigenvalue weighted by Crippen LogP contribution is -2.36. The topological polar surface area (TPSA) is 58.2 Å². The summed E-state index contributed by atoms with van der Waals surface area (Å²) < 4.78 is 0. The number of carbonyl (C=O) groups excluding carboxylic acids is 2. The predicted octanol–water partition coefficient (Wildman–Crippen LogP) is 4.72. The summed E-state index contributed by atoms with van der Waals surface area (Å²) in [5.41, 5.74) is 0. The zero-order chi connectivity index (χ0) is 18.3. The monoisotopic (exact) mass is 352 g/mol. The minimum Gasteiger partial charge on any atom is -0.356 e. The van der Waals surface area contributed by atoms with E-state index in [0.29, 0.717) is 31.3 Å². The van der Waals surface area contributed by atoms with E-state index in [1.165, 1.54) is 57.8 Å². The lowest BCUT2D eigenvalue weighted by Gasteiger charge is -2.19. The summed E-state index contributed by atoms with van der Waals surface area (Å²) in [6.07, 6.45) is 15.5. The van der Waals surface area contributed by atoms with E-state index in [9.17, 15) is 9.59 Å². The van der Waals surface area contributed by atoms with E-state index < -0.39 is 0 Å². The fraction of sp³-hybridized carbons (Fsp3) is 0.905. The van der Waals surface area contributed by atoms with Crippen LogP contribution in [0.5, 0.6) is 0 Å². The van der Waals surface area contributed by atoms with E-state index in [1.54, 1.807) is 0 Å². The molecule has 0 aromatic heterocycles. The summed E-state index contributed by atoms with van der Waals surface area (Å²) in [4.78, 5) is 24.0. The van der Waals surface area contributed by atoms with Gasteiger partial charge in [-0.2, -0.15) is 0 Å². The summed E-state index contributed by atoms with van der Waals surface area (Å²) in [6, 6.07) is 0.302. The number of hydrogen-bond donors (Lipinski definition) is 2. The molecule has 1 fully saturated rings. The number of nitrogens with one attached hydrogen (secondary N) is 2. The molecule has 0 aliphatic heterocycles. The maximum absolute atomic E-state index is 12.2. The maximum atomic E-state index is 12.2. The molecule has 2 amide bonds. The smallest absolute Gasteiger partial charge is 0.220 e. The SMILES string of the molecule is CC(C)CCNC(=O)CCC(=O)NC1CCCCCCCCCCC1. The first-order chi connectivity index (χ1) is 12.1. The van der Waals surface area contributed by atoms with Crippen LogP contribution < -0.4 is 10.6 Å². The zero-order valence-corrected chi connectivity index (χ0v) is 16.6. The van der Waals surface area contributed by atoms with Gasteiger partial charge in [0.25, 0.3) is 0 Å². The molecule has 0 bridgehead atoms. The largest absolute Gasteiger partial charge is 0.356 e. The van der Waals surface area contributed by atoms with E-state index in [2.05, 4.69) is 24.5 Å². The van der Waals surface area contributed by atoms with Gasteiger partial charge in [0.05, 0.1) is 0 Å². The van der Waals surface area contributed by atoms with Gasteiger partial charge in [0.15, 0.2) is 0 Å². The first-order valence-corrected chi connectivity index (χ1v) is 10.6. The third kappa shape index (κ3) is 12.9. The van der Waals surface area contributed by atoms with E-state index in [-0.39, 0.29) is 11.8 Å². The Bertz CT molecular complexity index is 357. The summed E-state index contributed by atoms with van der Waals surface area (Å²) in [7, 11) is 0. The van der Waals surface area contributed by atoms with Crippen molar-refractivity contribution >= 4 is 11.8 Å². The molecule has 1 aliphatic carbocycles. The minimum atomic E-state index is -0.00510. The fourth-order valence-corrected chi connectivity index (χ4v) is 3.42. The van der Waals surface area contributed by atoms with Gasteiger partial charge in [0.1, 0.15) is 0 Å². The van der Waals surface area contributed by atoms with Crippen molar-refractivity contribution in [1.82, 2.24) is 10.6 Å². The van der Waals surface area contributed by atoms with Crippen molar-refractivity contribution < 1.29 is 9.59 Å². The van der Waals surface area contributed by atoms with Crippen molar-refractivity contribution in [3.8, 4) is 0 Å². The molecular weight excluding hydrogens is 312 g/mol. The van der Waals surface area contributed by atoms with Crippen molar-refractivity contribution in [3.05, 3.63) is 0 Å². The molecule has 0 saturated heterocycles. The Morgan fingerprint density at radius 2 is 1.28 bits per heavy atom. The van der Waals surface area contributed by atoms with Crippen LogP contribution in [-0.2, 0) is 9.59 Å². The first kappa shape index (κ1) is 22.0. The zero-order valence-electron chi connectivity index (χ0n) is 16.6. The van der Waals surface area contributed by atoms with Crippen LogP contribution in [0.4, 0.5) is 0 Å². The van der Waals surface area contributed by atoms with Crippen LogP contribution in [0.3, 0.4) is 0 Å². The molecule has 4 nitrogen and oxygen atoms in total. The molecule has 2 N–H and O–H groups in total. The lowest BCUT2D eigenvalue weighted by molar-refractivity contribution is -0.126. The Labute approximate surface area is 154 Å². The number of amides is 2. The second-order valence-electron chi connectivity index (χ2n) is 8.06. The van der Waals surface area contributed by atoms with Gasteiger partial charge in [-0.1, -0.05) is 71.6 Å². The predicted molar refractivity (Wildman–Crippen MR) is 104 cm³/mol. The highest BCUT2D eigenvalue weighted by molar-refractivity contribution is 5.83. The molecular formula is C21H40N2O2. The maximum Gasteiger partial charge on any atom is 0.220 e. The molecule has 25 heavy (non-hydrogen) atoms. The van der Waals surface area contributed by atoms with Crippen molar-refractivity contribution in [2.75, 3.05) is 6.54 Å². The van der Waals surface area contributed by atoms with Crippen LogP contribution in [0.25, 0.3) is 0 Å². The van der Waals surface area contributed by atoms with Gasteiger partial charge < -0.3 is 10.6 Å². The summed E-state index contributed by atoms with van der Waals surface area (Å²) in [6.45, 7) is 4.99. The first-order valence-electron chi connectivity index (χ1n) is 10.6. The van der Waals surface area contributed by atoms with E-state index >= 15 is 0 Å². The van der Waals surface area contributed by atoms with Crippen molar-refractivity contribution in [2.45, 2.75) is 110 Å². The Morgan fingerprint density at radius 1 is 0.800 bits per heavy atom. The fourth-order valence-electron chi connectivity index (χ4n) is 3.42. The molecule has 0 heterocycles. The average Bonchev–Trinajstić information content (AvgIpc) is 2.55. The highest BCUT2D eigenvalue weighted by Gasteiger charge is 2.14. The molecule has 0 spiro atoms. The van der Waals surface area contributed by atoms with E-state index in [1.807, 2.05) is 0 Å². The molecule has 1 saturated carbocycles. The van der Waals surface area contributed by atoms with Crippen LogP contribution in [0.15, 0.2) is 0 Å². The molecule has 1 aliphatic rings. The molecule has 0 unspecified atom stereocenters. The Balaban J connectivity index is 2.23. The molecule has 0 atom stereocenters. The van der Waals surface area contributed by atoms with Crippen LogP contribution in [0.2, 0.25) is 0 Å². The summed E-state index contributed by atoms with van der Waals surface area (Å²) in [5.74, 6) is 0.621. The van der Waals surface area contributed by atoms with Crippen molar-refractivity contribution in [3.63, 3.8) is 0 Å². The van der Waals surface area contributed by atoms with Gasteiger partial charge in [-0.25, -0.2) is 0 Å². The third-order valence-electron chi connectivity index (χ3n) is 5.09. The Morgan fingerprint density at radius 3 is 1.80 bits per heavy atom. The highest BCUT2D eigenvalue weighted by atomic mass is 16.2. The average molecular weight is 353 g/mol. The highest BCUT2D eigenvalue weighted by Crippen LogP contribution is 2.17. The summed E-state index contributed by atoms with van der Waals surface area (Å²) in [5, 5.41) is 6.08. The van der Waals surface area contributed by atoms with Crippen LogP contribution >= 0.6 is 0 Å². The second kappa shape index (κ2) is 14.1. The van der Waals surface area contributed by atoms with Crippen LogP contribution in [0.1, 0.15) is 104 Å². The van der Waals surface area contributed by atoms with Gasteiger partial charge in [0.2, 0.25) is 11.8 Å². The third-order valence-corrected chi connectivity index (χ3v) is 5.09. The normalized spacial score (nSPS) is 18.2. The summed E-state index contributed by atoms with van der Waals surface area (Å²) >= 11 is 0. The minimum absolute atomic E-state index is 0.00510. The van der Waals surface area contributed by atoms with Gasteiger partial charge in [-0.15, -0.1) is 0 Å². The second-order valence-corrected chi connectivity index (χ2v) is 8.06. The van der Waals surface area contributed by atoms with Crippen LogP contribution in [-0.4, -0.2) is 24.4 Å². The molecule has 4 heteroatoms. The Hall–Kier alpha value is -1.06. The quantitative estimate of drug-likeness (QED) is 0.696. The van der Waals surface area contributed by atoms with E-state index in [0.717, 1.165) is 19.3 Å². The molecule has 146 valence electrons. The Kier molecular flexibility index (Phi) is 12.4. The van der Waals surface area contributed by atoms with Gasteiger partial charge in [0, 0.05) is 25.4 Å². The number of rotatable bonds is 7. The van der Waals surface area contributed by atoms with Gasteiger partial charge >= 0.3 is 0 Å². The molecule has 0 aromatic rings. The van der Waals surface area contributed by atoms with Gasteiger partial charge in [-0.3, -0.25) is 9.59 Å². The van der Waals surface area contributed by atoms with Crippen LogP contribution in [0, 0.1) is 5.92 Å². The van der Waals surface area contributed by atoms with E-state index in [4.69, 9.17) is 0 Å². The molecule has 0 radical (unpaired) electrons. The lowest BCUT2D eigenvalue weighted by atomic mass is 9.98.